The first-order valence-electron chi connectivity index (χ1n) is 7.16. The first-order valence-corrected chi connectivity index (χ1v) is 7.53. The highest BCUT2D eigenvalue weighted by molar-refractivity contribution is 6.31. The number of rotatable bonds is 5. The highest BCUT2D eigenvalue weighted by atomic mass is 35.5. The van der Waals surface area contributed by atoms with Gasteiger partial charge in [-0.25, -0.2) is 0 Å². The van der Waals surface area contributed by atoms with Gasteiger partial charge < -0.3 is 4.90 Å². The van der Waals surface area contributed by atoms with Gasteiger partial charge in [0.05, 0.1) is 6.04 Å². The summed E-state index contributed by atoms with van der Waals surface area (Å²) in [6, 6.07) is 7.09. The second-order valence-corrected chi connectivity index (χ2v) is 6.34. The largest absolute Gasteiger partial charge is 0.306 e. The van der Waals surface area contributed by atoms with Crippen LogP contribution in [0.15, 0.2) is 24.3 Å². The lowest BCUT2D eigenvalue weighted by Gasteiger charge is -2.26. The van der Waals surface area contributed by atoms with Crippen LogP contribution in [0.3, 0.4) is 0 Å². The molecule has 0 bridgehead atoms. The predicted molar refractivity (Wildman–Crippen MR) is 83.5 cm³/mol. The molecular formula is C16H23ClN2O. The number of halogens is 1. The van der Waals surface area contributed by atoms with Crippen molar-refractivity contribution >= 4 is 17.4 Å². The maximum absolute atomic E-state index is 12.5. The summed E-state index contributed by atoms with van der Waals surface area (Å²) >= 11 is 5.96. The van der Waals surface area contributed by atoms with Gasteiger partial charge >= 0.3 is 0 Å². The molecule has 0 amide bonds. The molecule has 20 heavy (non-hydrogen) atoms. The van der Waals surface area contributed by atoms with Crippen molar-refractivity contribution in [2.24, 2.45) is 5.92 Å². The summed E-state index contributed by atoms with van der Waals surface area (Å²) < 4.78 is 0. The first-order chi connectivity index (χ1) is 9.47. The van der Waals surface area contributed by atoms with Crippen LogP contribution in [-0.2, 0) is 0 Å². The molecule has 0 saturated carbocycles. The van der Waals surface area contributed by atoms with E-state index in [4.69, 9.17) is 11.6 Å². The highest BCUT2D eigenvalue weighted by Gasteiger charge is 2.25. The Morgan fingerprint density at radius 3 is 2.90 bits per heavy atom. The average molecular weight is 295 g/mol. The van der Waals surface area contributed by atoms with E-state index in [0.29, 0.717) is 16.5 Å². The summed E-state index contributed by atoms with van der Waals surface area (Å²) in [5.74, 6) is 0.806. The van der Waals surface area contributed by atoms with Crippen LogP contribution in [-0.4, -0.2) is 55.4 Å². The minimum atomic E-state index is -0.112. The number of nitrogens with zero attached hydrogens (tertiary/aromatic N) is 2. The standard InChI is InChI=1S/C16H23ClN2O/c1-12(16(20)14-5-4-6-15(17)9-14)19(3)11-13-7-8-18(2)10-13/h4-6,9,12-13H,7-8,10-11H2,1-3H3. The van der Waals surface area contributed by atoms with E-state index >= 15 is 0 Å². The Kier molecular flexibility index (Phi) is 5.19. The van der Waals surface area contributed by atoms with Crippen LogP contribution < -0.4 is 0 Å². The lowest BCUT2D eigenvalue weighted by atomic mass is 10.0. The van der Waals surface area contributed by atoms with Crippen molar-refractivity contribution in [3.8, 4) is 0 Å². The molecule has 1 aromatic rings. The van der Waals surface area contributed by atoms with Crippen molar-refractivity contribution < 1.29 is 4.79 Å². The second-order valence-electron chi connectivity index (χ2n) is 5.91. The zero-order valence-corrected chi connectivity index (χ0v) is 13.2. The molecule has 0 N–H and O–H groups in total. The monoisotopic (exact) mass is 294 g/mol. The Labute approximate surface area is 126 Å². The van der Waals surface area contributed by atoms with Crippen molar-refractivity contribution in [1.82, 2.24) is 9.80 Å². The van der Waals surface area contributed by atoms with Crippen LogP contribution in [0.1, 0.15) is 23.7 Å². The van der Waals surface area contributed by atoms with Gasteiger partial charge in [-0.1, -0.05) is 23.7 Å². The van der Waals surface area contributed by atoms with Gasteiger partial charge in [0.25, 0.3) is 0 Å². The highest BCUT2D eigenvalue weighted by Crippen LogP contribution is 2.18. The molecule has 2 atom stereocenters. The Balaban J connectivity index is 1.95. The molecule has 1 saturated heterocycles. The Morgan fingerprint density at radius 2 is 2.30 bits per heavy atom. The van der Waals surface area contributed by atoms with Crippen LogP contribution in [0, 0.1) is 5.92 Å². The maximum Gasteiger partial charge on any atom is 0.179 e. The molecule has 1 heterocycles. The van der Waals surface area contributed by atoms with E-state index in [1.165, 1.54) is 6.42 Å². The number of benzene rings is 1. The fraction of sp³-hybridized carbons (Fsp3) is 0.562. The molecule has 2 rings (SSSR count). The van der Waals surface area contributed by atoms with E-state index in [2.05, 4.69) is 16.8 Å². The molecule has 1 aromatic carbocycles. The fourth-order valence-electron chi connectivity index (χ4n) is 2.82. The van der Waals surface area contributed by atoms with E-state index in [-0.39, 0.29) is 11.8 Å². The van der Waals surface area contributed by atoms with Crippen molar-refractivity contribution in [2.45, 2.75) is 19.4 Å². The maximum atomic E-state index is 12.5. The van der Waals surface area contributed by atoms with Gasteiger partial charge in [0.2, 0.25) is 0 Å². The van der Waals surface area contributed by atoms with E-state index < -0.39 is 0 Å². The minimum absolute atomic E-state index is 0.112. The molecule has 0 aliphatic carbocycles. The van der Waals surface area contributed by atoms with Crippen LogP contribution in [0.2, 0.25) is 5.02 Å². The van der Waals surface area contributed by atoms with Crippen molar-refractivity contribution in [3.63, 3.8) is 0 Å². The number of carbonyl (C=O) groups excluding carboxylic acids is 1. The van der Waals surface area contributed by atoms with Gasteiger partial charge in [-0.2, -0.15) is 0 Å². The van der Waals surface area contributed by atoms with E-state index in [1.54, 1.807) is 12.1 Å². The number of ketones is 1. The Bertz CT molecular complexity index is 477. The van der Waals surface area contributed by atoms with Gasteiger partial charge in [0, 0.05) is 23.7 Å². The number of Topliss-reactive ketones (excluding diaryl/α,β-unsaturated/α-hetero) is 1. The van der Waals surface area contributed by atoms with Gasteiger partial charge in [-0.15, -0.1) is 0 Å². The molecule has 0 aromatic heterocycles. The van der Waals surface area contributed by atoms with Crippen LogP contribution in [0.5, 0.6) is 0 Å². The molecule has 1 aliphatic rings. The Morgan fingerprint density at radius 1 is 1.55 bits per heavy atom. The molecule has 110 valence electrons. The molecule has 2 unspecified atom stereocenters. The van der Waals surface area contributed by atoms with E-state index in [9.17, 15) is 4.79 Å². The topological polar surface area (TPSA) is 23.6 Å². The number of likely N-dealkylation sites (N-methyl/N-ethyl adjacent to an activating group) is 1. The predicted octanol–water partition coefficient (Wildman–Crippen LogP) is 2.79. The molecular weight excluding hydrogens is 272 g/mol. The Hall–Kier alpha value is -0.900. The van der Waals surface area contributed by atoms with Crippen molar-refractivity contribution in [3.05, 3.63) is 34.9 Å². The van der Waals surface area contributed by atoms with Crippen LogP contribution in [0.4, 0.5) is 0 Å². The third kappa shape index (κ3) is 3.81. The fourth-order valence-corrected chi connectivity index (χ4v) is 3.01. The summed E-state index contributed by atoms with van der Waals surface area (Å²) in [5, 5.41) is 0.614. The zero-order valence-electron chi connectivity index (χ0n) is 12.5. The number of carbonyl (C=O) groups is 1. The lowest BCUT2D eigenvalue weighted by Crippen LogP contribution is -2.39. The number of likely N-dealkylation sites (tertiary alicyclic amines) is 1. The normalized spacial score (nSPS) is 21.4. The van der Waals surface area contributed by atoms with Gasteiger partial charge in [0.15, 0.2) is 5.78 Å². The molecule has 4 heteroatoms. The van der Waals surface area contributed by atoms with Crippen LogP contribution in [0.25, 0.3) is 0 Å². The third-order valence-corrected chi connectivity index (χ3v) is 4.42. The number of hydrogen-bond acceptors (Lipinski definition) is 3. The molecule has 1 aliphatic heterocycles. The first kappa shape index (κ1) is 15.5. The summed E-state index contributed by atoms with van der Waals surface area (Å²) in [6.07, 6.45) is 1.22. The van der Waals surface area contributed by atoms with Gasteiger partial charge in [0.1, 0.15) is 0 Å². The van der Waals surface area contributed by atoms with Gasteiger partial charge in [-0.05, 0) is 52.0 Å². The quantitative estimate of drug-likeness (QED) is 0.780. The van der Waals surface area contributed by atoms with Crippen molar-refractivity contribution in [1.29, 1.82) is 0 Å². The van der Waals surface area contributed by atoms with Crippen molar-refractivity contribution in [2.75, 3.05) is 33.7 Å². The summed E-state index contributed by atoms with van der Waals surface area (Å²) in [4.78, 5) is 17.0. The zero-order chi connectivity index (χ0) is 14.7. The molecule has 0 spiro atoms. The van der Waals surface area contributed by atoms with E-state index in [1.807, 2.05) is 26.1 Å². The minimum Gasteiger partial charge on any atom is -0.306 e. The van der Waals surface area contributed by atoms with E-state index in [0.717, 1.165) is 19.6 Å². The third-order valence-electron chi connectivity index (χ3n) is 4.18. The summed E-state index contributed by atoms with van der Waals surface area (Å²) in [5.41, 5.74) is 0.695. The summed E-state index contributed by atoms with van der Waals surface area (Å²) in [6.45, 7) is 5.23. The number of hydrogen-bond donors (Lipinski definition) is 0. The SMILES string of the molecule is CC(C(=O)c1cccc(Cl)c1)N(C)CC1CCN(C)C1. The average Bonchev–Trinajstić information content (AvgIpc) is 2.82. The summed E-state index contributed by atoms with van der Waals surface area (Å²) in [7, 11) is 4.19. The lowest BCUT2D eigenvalue weighted by molar-refractivity contribution is 0.0853. The van der Waals surface area contributed by atoms with Crippen LogP contribution >= 0.6 is 11.6 Å². The smallest absolute Gasteiger partial charge is 0.179 e. The molecule has 3 nitrogen and oxygen atoms in total. The second kappa shape index (κ2) is 6.70. The molecule has 1 fully saturated rings. The molecule has 0 radical (unpaired) electrons. The van der Waals surface area contributed by atoms with Gasteiger partial charge in [-0.3, -0.25) is 9.69 Å².